The Hall–Kier alpha value is -6.20. The molecule has 4 nitrogen and oxygen atoms in total. The number of hydrogen-bond donors (Lipinski definition) is 0. The van der Waals surface area contributed by atoms with Crippen LogP contribution in [0.1, 0.15) is 0 Å². The highest BCUT2D eigenvalue weighted by Crippen LogP contribution is 2.50. The molecular formula is C46H30F4N2O2P2. The van der Waals surface area contributed by atoms with Crippen molar-refractivity contribution >= 4 is 46.1 Å². The maximum absolute atomic E-state index is 17.8. The molecule has 0 atom stereocenters. The molecule has 8 rings (SSSR count). The van der Waals surface area contributed by atoms with E-state index in [4.69, 9.17) is 0 Å². The van der Waals surface area contributed by atoms with Crippen molar-refractivity contribution in [1.82, 2.24) is 9.97 Å². The number of pyridine rings is 2. The fourth-order valence-corrected chi connectivity index (χ4v) is 12.6. The van der Waals surface area contributed by atoms with Crippen molar-refractivity contribution in [3.05, 3.63) is 206 Å². The van der Waals surface area contributed by atoms with E-state index in [0.717, 1.165) is 12.1 Å². The molecule has 6 aromatic carbocycles. The molecule has 0 saturated heterocycles. The standard InChI is InChI=1S/C46H30F4N2O2P2/c47-37-29-35(41(39-25-13-15-27-51-39)43(49)45(37)55(53,31-17-5-1-6-18-31)32-19-7-2-8-20-32)36-30-38(48)46(44(50)42(36)40-26-14-16-28-52-40)56(54,33-21-9-3-10-22-33)34-23-11-4-12-24-34/h1-30H. The van der Waals surface area contributed by atoms with Crippen LogP contribution in [-0.2, 0) is 9.13 Å². The highest BCUT2D eigenvalue weighted by atomic mass is 31.2. The lowest BCUT2D eigenvalue weighted by Crippen LogP contribution is -2.31. The quantitative estimate of drug-likeness (QED) is 0.108. The van der Waals surface area contributed by atoms with Crippen molar-refractivity contribution in [1.29, 1.82) is 0 Å². The molecule has 0 unspecified atom stereocenters. The van der Waals surface area contributed by atoms with Crippen molar-refractivity contribution < 1.29 is 26.7 Å². The molecule has 0 aliphatic carbocycles. The molecule has 0 aliphatic heterocycles. The zero-order valence-electron chi connectivity index (χ0n) is 29.4. The van der Waals surface area contributed by atoms with Gasteiger partial charge in [0.15, 0.2) is 14.3 Å². The summed E-state index contributed by atoms with van der Waals surface area (Å²) in [7, 11) is -8.55. The van der Waals surface area contributed by atoms with Crippen molar-refractivity contribution in [2.45, 2.75) is 0 Å². The van der Waals surface area contributed by atoms with Crippen molar-refractivity contribution in [2.75, 3.05) is 0 Å². The molecule has 0 saturated carbocycles. The van der Waals surface area contributed by atoms with E-state index in [1.807, 2.05) is 0 Å². The largest absolute Gasteiger partial charge is 0.308 e. The van der Waals surface area contributed by atoms with E-state index in [1.165, 1.54) is 24.5 Å². The fraction of sp³-hybridized carbons (Fsp3) is 0. The normalized spacial score (nSPS) is 11.7. The summed E-state index contributed by atoms with van der Waals surface area (Å²) >= 11 is 0. The van der Waals surface area contributed by atoms with Crippen LogP contribution in [0.3, 0.4) is 0 Å². The summed E-state index contributed by atoms with van der Waals surface area (Å²) in [6, 6.07) is 43.4. The van der Waals surface area contributed by atoms with E-state index in [2.05, 4.69) is 9.97 Å². The molecule has 56 heavy (non-hydrogen) atoms. The number of benzene rings is 6. The average Bonchev–Trinajstić information content (AvgIpc) is 3.25. The third-order valence-electron chi connectivity index (χ3n) is 9.63. The zero-order chi connectivity index (χ0) is 38.9. The first-order chi connectivity index (χ1) is 27.2. The first-order valence-electron chi connectivity index (χ1n) is 17.6. The first kappa shape index (κ1) is 36.8. The molecule has 0 amide bonds. The fourth-order valence-electron chi connectivity index (χ4n) is 7.11. The Bertz CT molecular complexity index is 2500. The van der Waals surface area contributed by atoms with Crippen LogP contribution in [0, 0.1) is 23.3 Å². The van der Waals surface area contributed by atoms with Gasteiger partial charge in [-0.1, -0.05) is 133 Å². The van der Waals surface area contributed by atoms with Gasteiger partial charge >= 0.3 is 0 Å². The first-order valence-corrected chi connectivity index (χ1v) is 21.0. The maximum atomic E-state index is 17.8. The van der Waals surface area contributed by atoms with E-state index >= 15 is 26.7 Å². The van der Waals surface area contributed by atoms with Gasteiger partial charge in [-0.2, -0.15) is 0 Å². The molecule has 0 N–H and O–H groups in total. The van der Waals surface area contributed by atoms with Gasteiger partial charge in [-0.25, -0.2) is 17.6 Å². The number of hydrogen-bond acceptors (Lipinski definition) is 4. The van der Waals surface area contributed by atoms with E-state index in [0.29, 0.717) is 0 Å². The van der Waals surface area contributed by atoms with Crippen molar-refractivity contribution in [2.24, 2.45) is 0 Å². The van der Waals surface area contributed by atoms with Crippen LogP contribution in [0.4, 0.5) is 17.6 Å². The summed E-state index contributed by atoms with van der Waals surface area (Å²) in [4.78, 5) is 8.76. The summed E-state index contributed by atoms with van der Waals surface area (Å²) in [5.74, 6) is -4.84. The number of halogens is 4. The van der Waals surface area contributed by atoms with Crippen LogP contribution in [0.15, 0.2) is 182 Å². The molecule has 0 spiro atoms. The van der Waals surface area contributed by atoms with Gasteiger partial charge in [-0.15, -0.1) is 0 Å². The molecule has 274 valence electrons. The minimum Gasteiger partial charge on any atom is -0.308 e. The van der Waals surface area contributed by atoms with E-state index in [1.54, 1.807) is 146 Å². The van der Waals surface area contributed by atoms with Gasteiger partial charge in [0.2, 0.25) is 0 Å². The second kappa shape index (κ2) is 15.1. The minimum absolute atomic E-state index is 0.00923. The van der Waals surface area contributed by atoms with Gasteiger partial charge in [0.05, 0.1) is 22.0 Å². The lowest BCUT2D eigenvalue weighted by atomic mass is 9.91. The molecule has 2 heterocycles. The maximum Gasteiger partial charge on any atom is 0.176 e. The second-order valence-electron chi connectivity index (χ2n) is 12.9. The van der Waals surface area contributed by atoms with Crippen LogP contribution in [0.2, 0.25) is 0 Å². The summed E-state index contributed by atoms with van der Waals surface area (Å²) in [6.07, 6.45) is 2.80. The predicted octanol–water partition coefficient (Wildman–Crippen LogP) is 9.31. The molecule has 10 heteroatoms. The molecule has 0 aliphatic rings. The van der Waals surface area contributed by atoms with Gasteiger partial charge in [-0.3, -0.25) is 9.97 Å². The Labute approximate surface area is 321 Å². The molecule has 8 aromatic rings. The molecular weight excluding hydrogens is 750 g/mol. The zero-order valence-corrected chi connectivity index (χ0v) is 31.2. The molecule has 0 bridgehead atoms. The van der Waals surface area contributed by atoms with E-state index < -0.39 is 48.2 Å². The van der Waals surface area contributed by atoms with E-state index in [9.17, 15) is 0 Å². The summed E-state index contributed by atoms with van der Waals surface area (Å²) in [6.45, 7) is 0. The predicted molar refractivity (Wildman–Crippen MR) is 217 cm³/mol. The summed E-state index contributed by atoms with van der Waals surface area (Å²) in [5, 5.41) is -0.717. The second-order valence-corrected chi connectivity index (χ2v) is 18.3. The van der Waals surface area contributed by atoms with Crippen LogP contribution >= 0.6 is 14.3 Å². The number of nitrogens with zero attached hydrogens (tertiary/aromatic N) is 2. The Morgan fingerprint density at radius 3 is 0.929 bits per heavy atom. The van der Waals surface area contributed by atoms with E-state index in [-0.39, 0.29) is 54.9 Å². The Balaban J connectivity index is 1.49. The lowest BCUT2D eigenvalue weighted by molar-refractivity contribution is 0.575. The third-order valence-corrected chi connectivity index (χ3v) is 15.8. The van der Waals surface area contributed by atoms with Gasteiger partial charge in [-0.05, 0) is 47.5 Å². The van der Waals surface area contributed by atoms with Gasteiger partial charge in [0.1, 0.15) is 23.3 Å². The molecule has 0 radical (unpaired) electrons. The van der Waals surface area contributed by atoms with Gasteiger partial charge in [0.25, 0.3) is 0 Å². The van der Waals surface area contributed by atoms with Crippen LogP contribution in [-0.4, -0.2) is 9.97 Å². The van der Waals surface area contributed by atoms with Gasteiger partial charge < -0.3 is 9.13 Å². The van der Waals surface area contributed by atoms with Gasteiger partial charge in [0, 0.05) is 44.7 Å². The molecule has 0 fully saturated rings. The Morgan fingerprint density at radius 2 is 0.661 bits per heavy atom. The van der Waals surface area contributed by atoms with Crippen LogP contribution in [0.25, 0.3) is 33.6 Å². The van der Waals surface area contributed by atoms with Crippen molar-refractivity contribution in [3.63, 3.8) is 0 Å². The lowest BCUT2D eigenvalue weighted by Gasteiger charge is -2.26. The summed E-state index contributed by atoms with van der Waals surface area (Å²) < 4.78 is 101. The molecule has 2 aromatic heterocycles. The number of aromatic nitrogens is 2. The van der Waals surface area contributed by atoms with Crippen LogP contribution in [0.5, 0.6) is 0 Å². The van der Waals surface area contributed by atoms with Crippen molar-refractivity contribution in [3.8, 4) is 33.6 Å². The smallest absolute Gasteiger partial charge is 0.176 e. The number of rotatable bonds is 9. The Kier molecular flexibility index (Phi) is 9.94. The monoisotopic (exact) mass is 780 g/mol. The third kappa shape index (κ3) is 6.21. The Morgan fingerprint density at radius 1 is 0.375 bits per heavy atom. The topological polar surface area (TPSA) is 59.9 Å². The average molecular weight is 781 g/mol. The highest BCUT2D eigenvalue weighted by Gasteiger charge is 2.41. The summed E-state index contributed by atoms with van der Waals surface area (Å²) in [5.41, 5.74) is -1.27. The minimum atomic E-state index is -4.27. The highest BCUT2D eigenvalue weighted by molar-refractivity contribution is 7.85. The SMILES string of the molecule is O=P(c1ccccc1)(c1ccccc1)c1c(F)cc(-c2cc(F)c(P(=O)(c3ccccc3)c3ccccc3)c(F)c2-c2ccccn2)c(-c2ccccn2)c1F. The van der Waals surface area contributed by atoms with Crippen LogP contribution < -0.4 is 31.8 Å².